The van der Waals surface area contributed by atoms with Gasteiger partial charge >= 0.3 is 0 Å². The maximum atomic E-state index is 13.5. The van der Waals surface area contributed by atoms with Crippen LogP contribution in [0.1, 0.15) is 16.5 Å². The number of rotatable bonds is 2. The van der Waals surface area contributed by atoms with Crippen LogP contribution in [0.5, 0.6) is 0 Å². The molecule has 0 spiro atoms. The van der Waals surface area contributed by atoms with Crippen molar-refractivity contribution in [2.45, 2.75) is 5.38 Å². The Hall–Kier alpha value is -1.55. The Kier molecular flexibility index (Phi) is 3.57. The van der Waals surface area contributed by atoms with Crippen LogP contribution in [0.3, 0.4) is 0 Å². The highest BCUT2D eigenvalue weighted by Crippen LogP contribution is 2.32. The monoisotopic (exact) mass is 274 g/mol. The average Bonchev–Trinajstić information content (AvgIpc) is 2.28. The van der Waals surface area contributed by atoms with E-state index in [1.807, 2.05) is 0 Å². The van der Waals surface area contributed by atoms with Crippen molar-refractivity contribution in [3.05, 3.63) is 70.8 Å². The van der Waals surface area contributed by atoms with Crippen molar-refractivity contribution in [3.63, 3.8) is 0 Å². The number of benzene rings is 2. The predicted octanol–water partition coefficient (Wildman–Crippen LogP) is 4.57. The molecule has 2 aromatic carbocycles. The molecule has 18 heavy (non-hydrogen) atoms. The normalized spacial score (nSPS) is 12.5. The Morgan fingerprint density at radius 2 is 1.28 bits per heavy atom. The van der Waals surface area contributed by atoms with Gasteiger partial charge in [0.2, 0.25) is 0 Å². The van der Waals surface area contributed by atoms with E-state index in [1.54, 1.807) is 0 Å². The molecule has 0 nitrogen and oxygen atoms in total. The van der Waals surface area contributed by atoms with E-state index in [2.05, 4.69) is 0 Å². The van der Waals surface area contributed by atoms with E-state index in [4.69, 9.17) is 11.6 Å². The topological polar surface area (TPSA) is 0 Å². The number of hydrogen-bond acceptors (Lipinski definition) is 0. The van der Waals surface area contributed by atoms with Gasteiger partial charge in [-0.25, -0.2) is 17.6 Å². The number of alkyl halides is 1. The Balaban J connectivity index is 2.46. The maximum Gasteiger partial charge on any atom is 0.134 e. The van der Waals surface area contributed by atoms with Crippen LogP contribution in [-0.2, 0) is 0 Å². The predicted molar refractivity (Wildman–Crippen MR) is 60.4 cm³/mol. The van der Waals surface area contributed by atoms with E-state index in [0.29, 0.717) is 17.7 Å². The number of hydrogen-bond donors (Lipinski definition) is 0. The van der Waals surface area contributed by atoms with Crippen LogP contribution in [0, 0.1) is 23.3 Å². The zero-order chi connectivity index (χ0) is 13.3. The van der Waals surface area contributed by atoms with Crippen molar-refractivity contribution >= 4 is 11.6 Å². The molecule has 0 heterocycles. The SMILES string of the molecule is Fc1ccc(C(Cl)c2c(F)cc(F)cc2F)cc1. The first-order valence-corrected chi connectivity index (χ1v) is 5.46. The van der Waals surface area contributed by atoms with Crippen LogP contribution < -0.4 is 0 Å². The van der Waals surface area contributed by atoms with Gasteiger partial charge in [-0.15, -0.1) is 11.6 Å². The van der Waals surface area contributed by atoms with Crippen molar-refractivity contribution in [2.24, 2.45) is 0 Å². The summed E-state index contributed by atoms with van der Waals surface area (Å²) >= 11 is 5.92. The second-order valence-electron chi connectivity index (χ2n) is 3.70. The summed E-state index contributed by atoms with van der Waals surface area (Å²) in [6, 6.07) is 5.99. The fraction of sp³-hybridized carbons (Fsp3) is 0.0769. The highest BCUT2D eigenvalue weighted by atomic mass is 35.5. The summed E-state index contributed by atoms with van der Waals surface area (Å²) in [6.45, 7) is 0. The molecule has 0 saturated heterocycles. The number of halogens is 5. The first-order chi connectivity index (χ1) is 8.49. The Labute approximate surface area is 106 Å². The molecular formula is C13H7ClF4. The minimum absolute atomic E-state index is 0.322. The lowest BCUT2D eigenvalue weighted by atomic mass is 10.0. The van der Waals surface area contributed by atoms with Crippen molar-refractivity contribution < 1.29 is 17.6 Å². The molecule has 0 N–H and O–H groups in total. The van der Waals surface area contributed by atoms with Gasteiger partial charge in [0.1, 0.15) is 23.3 Å². The molecule has 2 aromatic rings. The minimum Gasteiger partial charge on any atom is -0.207 e. The van der Waals surface area contributed by atoms with Crippen LogP contribution in [0.25, 0.3) is 0 Å². The van der Waals surface area contributed by atoms with Gasteiger partial charge in [-0.1, -0.05) is 12.1 Å². The van der Waals surface area contributed by atoms with E-state index < -0.39 is 34.2 Å². The van der Waals surface area contributed by atoms with Gasteiger partial charge in [-0.05, 0) is 17.7 Å². The van der Waals surface area contributed by atoms with Crippen LogP contribution in [0.2, 0.25) is 0 Å². The van der Waals surface area contributed by atoms with Gasteiger partial charge in [0.25, 0.3) is 0 Å². The lowest BCUT2D eigenvalue weighted by molar-refractivity contribution is 0.526. The lowest BCUT2D eigenvalue weighted by Gasteiger charge is -2.12. The molecular weight excluding hydrogens is 268 g/mol. The van der Waals surface area contributed by atoms with Crippen LogP contribution in [0.4, 0.5) is 17.6 Å². The summed E-state index contributed by atoms with van der Waals surface area (Å²) in [4.78, 5) is 0. The van der Waals surface area contributed by atoms with Crippen molar-refractivity contribution in [1.29, 1.82) is 0 Å². The maximum absolute atomic E-state index is 13.5. The van der Waals surface area contributed by atoms with Gasteiger partial charge in [0.05, 0.1) is 5.38 Å². The van der Waals surface area contributed by atoms with E-state index in [-0.39, 0.29) is 0 Å². The molecule has 5 heteroatoms. The van der Waals surface area contributed by atoms with Gasteiger partial charge in [-0.2, -0.15) is 0 Å². The fourth-order valence-corrected chi connectivity index (χ4v) is 1.95. The van der Waals surface area contributed by atoms with E-state index in [0.717, 1.165) is 12.1 Å². The largest absolute Gasteiger partial charge is 0.207 e. The van der Waals surface area contributed by atoms with Crippen molar-refractivity contribution in [3.8, 4) is 0 Å². The van der Waals surface area contributed by atoms with Crippen molar-refractivity contribution in [2.75, 3.05) is 0 Å². The smallest absolute Gasteiger partial charge is 0.134 e. The van der Waals surface area contributed by atoms with Gasteiger partial charge in [0, 0.05) is 17.7 Å². The fourth-order valence-electron chi connectivity index (χ4n) is 1.59. The zero-order valence-corrected chi connectivity index (χ0v) is 9.69. The van der Waals surface area contributed by atoms with Gasteiger partial charge in [-0.3, -0.25) is 0 Å². The molecule has 0 aliphatic carbocycles. The summed E-state index contributed by atoms with van der Waals surface area (Å²) in [6.07, 6.45) is 0. The molecule has 1 atom stereocenters. The average molecular weight is 275 g/mol. The third kappa shape index (κ3) is 2.48. The third-order valence-electron chi connectivity index (χ3n) is 2.46. The third-order valence-corrected chi connectivity index (χ3v) is 2.93. The molecule has 0 amide bonds. The molecule has 2 rings (SSSR count). The van der Waals surface area contributed by atoms with Crippen LogP contribution in [-0.4, -0.2) is 0 Å². The van der Waals surface area contributed by atoms with Gasteiger partial charge in [0.15, 0.2) is 0 Å². The Bertz CT molecular complexity index is 543. The molecule has 0 aliphatic rings. The molecule has 0 radical (unpaired) electrons. The zero-order valence-electron chi connectivity index (χ0n) is 8.93. The summed E-state index contributed by atoms with van der Waals surface area (Å²) in [7, 11) is 0. The molecule has 1 unspecified atom stereocenters. The Morgan fingerprint density at radius 3 is 1.78 bits per heavy atom. The van der Waals surface area contributed by atoms with Gasteiger partial charge < -0.3 is 0 Å². The lowest BCUT2D eigenvalue weighted by Crippen LogP contribution is -2.02. The molecule has 94 valence electrons. The highest BCUT2D eigenvalue weighted by molar-refractivity contribution is 6.22. The minimum atomic E-state index is -1.15. The summed E-state index contributed by atoms with van der Waals surface area (Å²) in [5, 5.41) is -1.15. The summed E-state index contributed by atoms with van der Waals surface area (Å²) in [5.41, 5.74) is -0.132. The van der Waals surface area contributed by atoms with E-state index >= 15 is 0 Å². The van der Waals surface area contributed by atoms with E-state index in [9.17, 15) is 17.6 Å². The first-order valence-electron chi connectivity index (χ1n) is 5.03. The molecule has 0 saturated carbocycles. The van der Waals surface area contributed by atoms with Crippen LogP contribution >= 0.6 is 11.6 Å². The van der Waals surface area contributed by atoms with E-state index in [1.165, 1.54) is 12.1 Å². The molecule has 0 aromatic heterocycles. The quantitative estimate of drug-likeness (QED) is 0.556. The Morgan fingerprint density at radius 1 is 0.778 bits per heavy atom. The summed E-state index contributed by atoms with van der Waals surface area (Å²) in [5.74, 6) is -3.65. The van der Waals surface area contributed by atoms with Crippen molar-refractivity contribution in [1.82, 2.24) is 0 Å². The second-order valence-corrected chi connectivity index (χ2v) is 4.13. The molecule has 0 fully saturated rings. The summed E-state index contributed by atoms with van der Waals surface area (Å²) < 4.78 is 52.5. The highest BCUT2D eigenvalue weighted by Gasteiger charge is 2.21. The molecule has 0 bridgehead atoms. The molecule has 0 aliphatic heterocycles. The first kappa shape index (κ1) is 12.9. The second kappa shape index (κ2) is 4.98. The standard InChI is InChI=1S/C13H7ClF4/c14-13(7-1-3-8(15)4-2-7)12-10(17)5-9(16)6-11(12)18/h1-6,13H. The van der Waals surface area contributed by atoms with Crippen LogP contribution in [0.15, 0.2) is 36.4 Å².